The lowest BCUT2D eigenvalue weighted by atomic mass is 10.1. The molecule has 3 rings (SSSR count). The van der Waals surface area contributed by atoms with Gasteiger partial charge in [0.1, 0.15) is 10.3 Å². The van der Waals surface area contributed by atoms with Crippen molar-refractivity contribution in [2.24, 2.45) is 0 Å². The molecule has 0 atom stereocenters. The topological polar surface area (TPSA) is 64.3 Å². The number of anilines is 1. The highest BCUT2D eigenvalue weighted by atomic mass is 79.9. The molecule has 0 spiro atoms. The summed E-state index contributed by atoms with van der Waals surface area (Å²) in [5, 5.41) is 3.30. The van der Waals surface area contributed by atoms with E-state index in [0.717, 1.165) is 45.1 Å². The normalized spacial score (nSPS) is 21.9. The second kappa shape index (κ2) is 4.99. The smallest absolute Gasteiger partial charge is 0.267 e. The van der Waals surface area contributed by atoms with Crippen LogP contribution in [0.25, 0.3) is 0 Å². The van der Waals surface area contributed by atoms with Crippen molar-refractivity contribution in [1.29, 1.82) is 0 Å². The zero-order valence-corrected chi connectivity index (χ0v) is 11.6. The van der Waals surface area contributed by atoms with Crippen LogP contribution in [0, 0.1) is 0 Å². The van der Waals surface area contributed by atoms with Gasteiger partial charge in [-0.3, -0.25) is 9.69 Å². The lowest BCUT2D eigenvalue weighted by Crippen LogP contribution is -2.61. The molecule has 1 aromatic heterocycles. The highest BCUT2D eigenvalue weighted by Gasteiger charge is 2.28. The van der Waals surface area contributed by atoms with Crippen molar-refractivity contribution in [1.82, 2.24) is 20.2 Å². The molecule has 0 aliphatic carbocycles. The van der Waals surface area contributed by atoms with Crippen LogP contribution in [-0.4, -0.2) is 60.2 Å². The number of rotatable bonds is 2. The number of piperazine rings is 1. The molecular weight excluding hydrogens is 298 g/mol. The standard InChI is InChI=1S/C11H16BrN5O/c12-9-10(14-7-15-11(9)18)17-3-1-16(2-4-17)8-5-13-6-8/h7-8,13H,1-6H2,(H,14,15,18). The zero-order valence-electron chi connectivity index (χ0n) is 10.0. The molecule has 0 aromatic carbocycles. The van der Waals surface area contributed by atoms with E-state index in [1.54, 1.807) is 0 Å². The van der Waals surface area contributed by atoms with Crippen molar-refractivity contribution in [3.05, 3.63) is 21.2 Å². The molecule has 0 unspecified atom stereocenters. The third kappa shape index (κ3) is 2.17. The van der Waals surface area contributed by atoms with Crippen LogP contribution < -0.4 is 15.8 Å². The maximum absolute atomic E-state index is 11.5. The first kappa shape index (κ1) is 12.1. The first-order chi connectivity index (χ1) is 8.75. The lowest BCUT2D eigenvalue weighted by Gasteiger charge is -2.43. The van der Waals surface area contributed by atoms with E-state index < -0.39 is 0 Å². The molecule has 2 aliphatic rings. The Balaban J connectivity index is 1.68. The number of hydrogen-bond donors (Lipinski definition) is 2. The summed E-state index contributed by atoms with van der Waals surface area (Å²) in [5.74, 6) is 0.755. The monoisotopic (exact) mass is 313 g/mol. The van der Waals surface area contributed by atoms with Crippen molar-refractivity contribution < 1.29 is 0 Å². The maximum atomic E-state index is 11.5. The molecule has 2 fully saturated rings. The summed E-state index contributed by atoms with van der Waals surface area (Å²) < 4.78 is 0.531. The Bertz CT molecular complexity index is 479. The summed E-state index contributed by atoms with van der Waals surface area (Å²) in [6.45, 7) is 6.12. The van der Waals surface area contributed by atoms with Gasteiger partial charge in [-0.15, -0.1) is 0 Å². The van der Waals surface area contributed by atoms with Crippen LogP contribution in [0.3, 0.4) is 0 Å². The molecule has 18 heavy (non-hydrogen) atoms. The molecule has 2 aliphatic heterocycles. The fourth-order valence-corrected chi connectivity index (χ4v) is 2.89. The van der Waals surface area contributed by atoms with Crippen LogP contribution in [0.15, 0.2) is 15.6 Å². The van der Waals surface area contributed by atoms with Gasteiger partial charge in [-0.2, -0.15) is 0 Å². The minimum atomic E-state index is -0.120. The largest absolute Gasteiger partial charge is 0.353 e. The summed E-state index contributed by atoms with van der Waals surface area (Å²) in [7, 11) is 0. The number of H-pyrrole nitrogens is 1. The van der Waals surface area contributed by atoms with Crippen LogP contribution in [0.1, 0.15) is 0 Å². The van der Waals surface area contributed by atoms with Gasteiger partial charge in [0.2, 0.25) is 0 Å². The SMILES string of the molecule is O=c1[nH]cnc(N2CCN(C3CNC3)CC2)c1Br. The molecule has 7 heteroatoms. The van der Waals surface area contributed by atoms with Gasteiger partial charge in [0.25, 0.3) is 5.56 Å². The summed E-state index contributed by atoms with van der Waals surface area (Å²) in [6.07, 6.45) is 1.46. The van der Waals surface area contributed by atoms with E-state index in [1.165, 1.54) is 6.33 Å². The molecule has 0 saturated carbocycles. The Morgan fingerprint density at radius 1 is 1.28 bits per heavy atom. The fourth-order valence-electron chi connectivity index (χ4n) is 2.42. The second-order valence-electron chi connectivity index (χ2n) is 4.70. The van der Waals surface area contributed by atoms with Crippen LogP contribution >= 0.6 is 15.9 Å². The van der Waals surface area contributed by atoms with E-state index in [9.17, 15) is 4.79 Å². The van der Waals surface area contributed by atoms with Crippen molar-refractivity contribution in [2.75, 3.05) is 44.2 Å². The number of nitrogens with zero attached hydrogens (tertiary/aromatic N) is 3. The van der Waals surface area contributed by atoms with Gasteiger partial charge in [0, 0.05) is 45.3 Å². The van der Waals surface area contributed by atoms with E-state index in [1.807, 2.05) is 0 Å². The molecule has 0 radical (unpaired) electrons. The van der Waals surface area contributed by atoms with Gasteiger partial charge in [-0.1, -0.05) is 0 Å². The second-order valence-corrected chi connectivity index (χ2v) is 5.50. The summed E-state index contributed by atoms with van der Waals surface area (Å²) in [5.41, 5.74) is -0.120. The van der Waals surface area contributed by atoms with E-state index >= 15 is 0 Å². The lowest BCUT2D eigenvalue weighted by molar-refractivity contribution is 0.137. The predicted octanol–water partition coefficient (Wildman–Crippen LogP) is -0.374. The molecule has 0 bridgehead atoms. The van der Waals surface area contributed by atoms with Gasteiger partial charge in [-0.25, -0.2) is 4.98 Å². The third-order valence-corrected chi connectivity index (χ3v) is 4.38. The quantitative estimate of drug-likeness (QED) is 0.780. The van der Waals surface area contributed by atoms with Gasteiger partial charge in [0.15, 0.2) is 0 Å². The number of halogens is 1. The average molecular weight is 314 g/mol. The minimum Gasteiger partial charge on any atom is -0.353 e. The van der Waals surface area contributed by atoms with Crippen LogP contribution in [0.5, 0.6) is 0 Å². The molecule has 98 valence electrons. The van der Waals surface area contributed by atoms with E-state index in [-0.39, 0.29) is 5.56 Å². The maximum Gasteiger partial charge on any atom is 0.267 e. The Morgan fingerprint density at radius 3 is 2.61 bits per heavy atom. The predicted molar refractivity (Wildman–Crippen MR) is 73.0 cm³/mol. The minimum absolute atomic E-state index is 0.120. The molecule has 6 nitrogen and oxygen atoms in total. The van der Waals surface area contributed by atoms with Crippen molar-refractivity contribution in [3.8, 4) is 0 Å². The van der Waals surface area contributed by atoms with Crippen molar-refractivity contribution >= 4 is 21.7 Å². The van der Waals surface area contributed by atoms with Crippen molar-refractivity contribution in [3.63, 3.8) is 0 Å². The summed E-state index contributed by atoms with van der Waals surface area (Å²) in [6, 6.07) is 0.697. The van der Waals surface area contributed by atoms with E-state index in [2.05, 4.69) is 41.0 Å². The van der Waals surface area contributed by atoms with Crippen LogP contribution in [-0.2, 0) is 0 Å². The number of aromatic nitrogens is 2. The van der Waals surface area contributed by atoms with Crippen molar-refractivity contribution in [2.45, 2.75) is 6.04 Å². The number of aromatic amines is 1. The zero-order chi connectivity index (χ0) is 12.5. The first-order valence-electron chi connectivity index (χ1n) is 6.18. The highest BCUT2D eigenvalue weighted by Crippen LogP contribution is 2.21. The van der Waals surface area contributed by atoms with Gasteiger partial charge < -0.3 is 15.2 Å². The molecule has 2 saturated heterocycles. The Kier molecular flexibility index (Phi) is 3.36. The Morgan fingerprint density at radius 2 is 2.00 bits per heavy atom. The molecular formula is C11H16BrN5O. The Hall–Kier alpha value is -0.920. The summed E-state index contributed by atoms with van der Waals surface area (Å²) >= 11 is 3.31. The third-order valence-electron chi connectivity index (χ3n) is 3.67. The fraction of sp³-hybridized carbons (Fsp3) is 0.636. The number of nitrogens with one attached hydrogen (secondary N) is 2. The molecule has 0 amide bonds. The average Bonchev–Trinajstić information content (AvgIpc) is 2.32. The van der Waals surface area contributed by atoms with Crippen LogP contribution in [0.2, 0.25) is 0 Å². The number of hydrogen-bond acceptors (Lipinski definition) is 5. The van der Waals surface area contributed by atoms with Gasteiger partial charge in [-0.05, 0) is 15.9 Å². The summed E-state index contributed by atoms with van der Waals surface area (Å²) in [4.78, 5) is 23.0. The molecule has 3 heterocycles. The van der Waals surface area contributed by atoms with Gasteiger partial charge in [0.05, 0.1) is 6.33 Å². The van der Waals surface area contributed by atoms with E-state index in [0.29, 0.717) is 10.5 Å². The van der Waals surface area contributed by atoms with Gasteiger partial charge >= 0.3 is 0 Å². The molecule has 2 N–H and O–H groups in total. The Labute approximate surface area is 114 Å². The molecule has 1 aromatic rings. The first-order valence-corrected chi connectivity index (χ1v) is 6.98. The van der Waals surface area contributed by atoms with Crippen LogP contribution in [0.4, 0.5) is 5.82 Å². The van der Waals surface area contributed by atoms with E-state index in [4.69, 9.17) is 0 Å². The highest BCUT2D eigenvalue weighted by molar-refractivity contribution is 9.10.